The van der Waals surface area contributed by atoms with Crippen molar-refractivity contribution in [1.82, 2.24) is 5.32 Å². The molecule has 5 heteroatoms. The monoisotopic (exact) mass is 289 g/mol. The number of ether oxygens (including phenoxy) is 1. The maximum atomic E-state index is 13.3. The fourth-order valence-electron chi connectivity index (χ4n) is 2.85. The second-order valence-corrected chi connectivity index (χ2v) is 6.15. The van der Waals surface area contributed by atoms with Crippen LogP contribution in [-0.2, 0) is 11.3 Å². The minimum Gasteiger partial charge on any atom is -0.489 e. The summed E-state index contributed by atoms with van der Waals surface area (Å²) in [6.07, 6.45) is -0.116. The Hall–Kier alpha value is -1.88. The summed E-state index contributed by atoms with van der Waals surface area (Å²) in [6, 6.07) is 8.44. The van der Waals surface area contributed by atoms with E-state index >= 15 is 0 Å². The molecule has 1 saturated carbocycles. The Morgan fingerprint density at radius 1 is 1.40 bits per heavy atom. The lowest BCUT2D eigenvalue weighted by atomic mass is 10.1. The molecule has 1 aromatic carbocycles. The Labute approximate surface area is 119 Å². The average molecular weight is 289 g/mol. The standard InChI is InChI=1S/C15H12FNO2S/c16-8-3-4-11-10(6-8)12-13(14(12)19-11)15(18)17-7-9-2-1-5-20-9/h1-6,12-14H,7H2,(H,17,18). The van der Waals surface area contributed by atoms with Crippen molar-refractivity contribution in [1.29, 1.82) is 0 Å². The normalized spacial score (nSPS) is 25.6. The number of carbonyl (C=O) groups excluding carboxylic acids is 1. The molecule has 3 atom stereocenters. The molecule has 1 aliphatic carbocycles. The van der Waals surface area contributed by atoms with E-state index in [1.165, 1.54) is 12.1 Å². The molecule has 2 aliphatic rings. The van der Waals surface area contributed by atoms with Crippen LogP contribution in [0.5, 0.6) is 5.75 Å². The molecular weight excluding hydrogens is 277 g/mol. The van der Waals surface area contributed by atoms with Gasteiger partial charge in [0.25, 0.3) is 0 Å². The molecule has 4 rings (SSSR count). The minimum absolute atomic E-state index is 0.0108. The molecule has 0 radical (unpaired) electrons. The third-order valence-corrected chi connectivity index (χ3v) is 4.74. The van der Waals surface area contributed by atoms with Gasteiger partial charge in [-0.1, -0.05) is 6.07 Å². The Balaban J connectivity index is 1.44. The molecule has 20 heavy (non-hydrogen) atoms. The lowest BCUT2D eigenvalue weighted by Gasteiger charge is -2.08. The molecule has 2 aromatic rings. The van der Waals surface area contributed by atoms with E-state index in [2.05, 4.69) is 5.32 Å². The zero-order valence-electron chi connectivity index (χ0n) is 10.5. The molecular formula is C15H12FNO2S. The summed E-state index contributed by atoms with van der Waals surface area (Å²) in [7, 11) is 0. The highest BCUT2D eigenvalue weighted by atomic mass is 32.1. The van der Waals surface area contributed by atoms with Crippen molar-refractivity contribution in [2.75, 3.05) is 0 Å². The van der Waals surface area contributed by atoms with Crippen molar-refractivity contribution >= 4 is 17.2 Å². The number of rotatable bonds is 3. The number of halogens is 1. The highest BCUT2D eigenvalue weighted by molar-refractivity contribution is 7.09. The van der Waals surface area contributed by atoms with Crippen molar-refractivity contribution in [3.8, 4) is 5.75 Å². The molecule has 3 nitrogen and oxygen atoms in total. The molecule has 1 aromatic heterocycles. The highest BCUT2D eigenvalue weighted by Gasteiger charge is 2.62. The molecule has 1 fully saturated rings. The first-order valence-electron chi connectivity index (χ1n) is 6.50. The molecule has 0 spiro atoms. The van der Waals surface area contributed by atoms with E-state index in [4.69, 9.17) is 4.74 Å². The predicted octanol–water partition coefficient (Wildman–Crippen LogP) is 2.68. The lowest BCUT2D eigenvalue weighted by molar-refractivity contribution is -0.123. The largest absolute Gasteiger partial charge is 0.489 e. The number of fused-ring (bicyclic) bond motifs is 3. The van der Waals surface area contributed by atoms with Gasteiger partial charge in [0.2, 0.25) is 5.91 Å². The zero-order valence-corrected chi connectivity index (χ0v) is 11.3. The molecule has 2 heterocycles. The van der Waals surface area contributed by atoms with Crippen molar-refractivity contribution in [3.63, 3.8) is 0 Å². The van der Waals surface area contributed by atoms with Gasteiger partial charge in [0.1, 0.15) is 17.7 Å². The fraction of sp³-hybridized carbons (Fsp3) is 0.267. The van der Waals surface area contributed by atoms with Crippen molar-refractivity contribution in [2.45, 2.75) is 18.6 Å². The highest BCUT2D eigenvalue weighted by Crippen LogP contribution is 2.58. The summed E-state index contributed by atoms with van der Waals surface area (Å²) in [6.45, 7) is 0.544. The minimum atomic E-state index is -0.280. The predicted molar refractivity (Wildman–Crippen MR) is 73.2 cm³/mol. The summed E-state index contributed by atoms with van der Waals surface area (Å²) in [5.41, 5.74) is 0.825. The van der Waals surface area contributed by atoms with E-state index in [1.54, 1.807) is 17.4 Å². The van der Waals surface area contributed by atoms with Gasteiger partial charge in [-0.3, -0.25) is 4.79 Å². The van der Waals surface area contributed by atoms with Gasteiger partial charge in [0.05, 0.1) is 12.5 Å². The van der Waals surface area contributed by atoms with Crippen LogP contribution in [0.1, 0.15) is 16.4 Å². The van der Waals surface area contributed by atoms with Gasteiger partial charge in [-0.15, -0.1) is 11.3 Å². The van der Waals surface area contributed by atoms with Gasteiger partial charge in [0.15, 0.2) is 0 Å². The lowest BCUT2D eigenvalue weighted by Crippen LogP contribution is -2.26. The van der Waals surface area contributed by atoms with Gasteiger partial charge in [-0.05, 0) is 29.6 Å². The summed E-state index contributed by atoms with van der Waals surface area (Å²) in [5.74, 6) is 0.262. The molecule has 1 amide bonds. The number of nitrogens with one attached hydrogen (secondary N) is 1. The van der Waals surface area contributed by atoms with Crippen LogP contribution in [0, 0.1) is 11.7 Å². The zero-order chi connectivity index (χ0) is 13.7. The van der Waals surface area contributed by atoms with Crippen LogP contribution >= 0.6 is 11.3 Å². The van der Waals surface area contributed by atoms with E-state index in [0.29, 0.717) is 12.3 Å². The van der Waals surface area contributed by atoms with E-state index in [1.807, 2.05) is 17.5 Å². The first-order valence-corrected chi connectivity index (χ1v) is 7.38. The van der Waals surface area contributed by atoms with Crippen molar-refractivity contribution in [3.05, 3.63) is 52.0 Å². The first-order chi connectivity index (χ1) is 9.74. The molecule has 0 saturated heterocycles. The van der Waals surface area contributed by atoms with E-state index in [-0.39, 0.29) is 29.7 Å². The molecule has 3 unspecified atom stereocenters. The Morgan fingerprint density at radius 2 is 2.30 bits per heavy atom. The van der Waals surface area contributed by atoms with Gasteiger partial charge < -0.3 is 10.1 Å². The second-order valence-electron chi connectivity index (χ2n) is 5.11. The number of amides is 1. The Morgan fingerprint density at radius 3 is 3.10 bits per heavy atom. The van der Waals surface area contributed by atoms with E-state index < -0.39 is 0 Å². The van der Waals surface area contributed by atoms with Crippen LogP contribution in [0.2, 0.25) is 0 Å². The number of thiophene rings is 1. The number of hydrogen-bond acceptors (Lipinski definition) is 3. The second kappa shape index (κ2) is 4.31. The summed E-state index contributed by atoms with van der Waals surface area (Å²) in [4.78, 5) is 13.3. The molecule has 102 valence electrons. The number of hydrogen-bond donors (Lipinski definition) is 1. The first kappa shape index (κ1) is 11.9. The van der Waals surface area contributed by atoms with Gasteiger partial charge in [-0.25, -0.2) is 4.39 Å². The quantitative estimate of drug-likeness (QED) is 0.943. The van der Waals surface area contributed by atoms with Gasteiger partial charge in [-0.2, -0.15) is 0 Å². The summed E-state index contributed by atoms with van der Waals surface area (Å²) in [5, 5.41) is 4.90. The van der Waals surface area contributed by atoms with Crippen LogP contribution in [0.15, 0.2) is 35.7 Å². The maximum absolute atomic E-state index is 13.3. The molecule has 1 N–H and O–H groups in total. The number of carbonyl (C=O) groups is 1. The average Bonchev–Trinajstić information content (AvgIpc) is 2.80. The van der Waals surface area contributed by atoms with E-state index in [0.717, 1.165) is 10.4 Å². The number of benzene rings is 1. The SMILES string of the molecule is O=C(NCc1cccs1)C1C2Oc3ccc(F)cc3C21. The van der Waals surface area contributed by atoms with E-state index in [9.17, 15) is 9.18 Å². The smallest absolute Gasteiger partial charge is 0.227 e. The Kier molecular flexibility index (Phi) is 2.57. The molecule has 0 bridgehead atoms. The van der Waals surface area contributed by atoms with Crippen LogP contribution < -0.4 is 10.1 Å². The third-order valence-electron chi connectivity index (χ3n) is 3.87. The van der Waals surface area contributed by atoms with Crippen LogP contribution in [-0.4, -0.2) is 12.0 Å². The Bertz CT molecular complexity index is 671. The summed E-state index contributed by atoms with van der Waals surface area (Å²) >= 11 is 1.61. The van der Waals surface area contributed by atoms with Crippen molar-refractivity contribution in [2.24, 2.45) is 5.92 Å². The van der Waals surface area contributed by atoms with Crippen LogP contribution in [0.4, 0.5) is 4.39 Å². The molecule has 1 aliphatic heterocycles. The van der Waals surface area contributed by atoms with Gasteiger partial charge >= 0.3 is 0 Å². The summed E-state index contributed by atoms with van der Waals surface area (Å²) < 4.78 is 18.9. The van der Waals surface area contributed by atoms with Crippen molar-refractivity contribution < 1.29 is 13.9 Å². The van der Waals surface area contributed by atoms with Crippen LogP contribution in [0.3, 0.4) is 0 Å². The fourth-order valence-corrected chi connectivity index (χ4v) is 3.50. The topological polar surface area (TPSA) is 38.3 Å². The van der Waals surface area contributed by atoms with Crippen LogP contribution in [0.25, 0.3) is 0 Å². The maximum Gasteiger partial charge on any atom is 0.227 e. The third kappa shape index (κ3) is 1.81. The van der Waals surface area contributed by atoms with Gasteiger partial charge in [0, 0.05) is 16.4 Å².